The molecular formula is C10H21NS. The molecule has 2 heteroatoms. The molecule has 0 aromatic rings. The molecule has 0 atom stereocenters. The summed E-state index contributed by atoms with van der Waals surface area (Å²) in [5.74, 6) is 2.76. The normalized spacial score (nSPS) is 21.8. The van der Waals surface area contributed by atoms with Gasteiger partial charge in [0.2, 0.25) is 0 Å². The van der Waals surface area contributed by atoms with Gasteiger partial charge in [0.25, 0.3) is 0 Å². The van der Waals surface area contributed by atoms with Gasteiger partial charge in [-0.2, -0.15) is 11.8 Å². The number of rotatable bonds is 3. The van der Waals surface area contributed by atoms with E-state index in [0.29, 0.717) is 0 Å². The third-order valence-corrected chi connectivity index (χ3v) is 3.51. The number of nitrogens with zero attached hydrogens (tertiary/aromatic N) is 1. The fourth-order valence-corrected chi connectivity index (χ4v) is 2.47. The predicted octanol–water partition coefficient (Wildman–Crippen LogP) is 2.62. The Balaban J connectivity index is 2.11. The van der Waals surface area contributed by atoms with E-state index in [1.54, 1.807) is 0 Å². The molecule has 1 heterocycles. The van der Waals surface area contributed by atoms with Crippen molar-refractivity contribution >= 4 is 11.8 Å². The Morgan fingerprint density at radius 2 is 1.83 bits per heavy atom. The van der Waals surface area contributed by atoms with Crippen molar-refractivity contribution in [3.63, 3.8) is 0 Å². The molecule has 1 aliphatic heterocycles. The highest BCUT2D eigenvalue weighted by Crippen LogP contribution is 2.10. The van der Waals surface area contributed by atoms with Crippen molar-refractivity contribution in [1.29, 1.82) is 0 Å². The molecule has 1 fully saturated rings. The Bertz CT molecular complexity index is 95.3. The van der Waals surface area contributed by atoms with Crippen molar-refractivity contribution in [2.75, 3.05) is 31.1 Å². The first-order valence-corrected chi connectivity index (χ1v) is 6.39. The van der Waals surface area contributed by atoms with Gasteiger partial charge < -0.3 is 4.90 Å². The van der Waals surface area contributed by atoms with E-state index in [0.717, 1.165) is 0 Å². The summed E-state index contributed by atoms with van der Waals surface area (Å²) in [4.78, 5) is 2.64. The second-order valence-corrected chi connectivity index (χ2v) is 4.74. The molecule has 12 heavy (non-hydrogen) atoms. The molecule has 1 aliphatic rings. The maximum absolute atomic E-state index is 2.64. The van der Waals surface area contributed by atoms with Gasteiger partial charge in [-0.1, -0.05) is 13.3 Å². The van der Waals surface area contributed by atoms with Crippen LogP contribution in [-0.4, -0.2) is 36.0 Å². The molecule has 0 saturated carbocycles. The van der Waals surface area contributed by atoms with Crippen LogP contribution in [0.4, 0.5) is 0 Å². The van der Waals surface area contributed by atoms with Gasteiger partial charge in [-0.15, -0.1) is 0 Å². The minimum absolute atomic E-state index is 1.33. The molecule has 0 unspecified atom stereocenters. The minimum Gasteiger partial charge on any atom is -0.303 e. The van der Waals surface area contributed by atoms with Crippen molar-refractivity contribution in [2.24, 2.45) is 0 Å². The van der Waals surface area contributed by atoms with Gasteiger partial charge in [0.05, 0.1) is 0 Å². The minimum atomic E-state index is 1.33. The molecule has 1 saturated heterocycles. The second-order valence-electron chi connectivity index (χ2n) is 3.51. The van der Waals surface area contributed by atoms with Crippen LogP contribution in [0, 0.1) is 0 Å². The third kappa shape index (κ3) is 4.36. The van der Waals surface area contributed by atoms with E-state index in [4.69, 9.17) is 0 Å². The van der Waals surface area contributed by atoms with E-state index in [-0.39, 0.29) is 0 Å². The van der Waals surface area contributed by atoms with Gasteiger partial charge in [0, 0.05) is 0 Å². The van der Waals surface area contributed by atoms with E-state index in [1.165, 1.54) is 56.8 Å². The Morgan fingerprint density at radius 1 is 1.17 bits per heavy atom. The molecule has 1 rings (SSSR count). The van der Waals surface area contributed by atoms with E-state index in [9.17, 15) is 0 Å². The highest BCUT2D eigenvalue weighted by molar-refractivity contribution is 7.99. The lowest BCUT2D eigenvalue weighted by molar-refractivity contribution is 0.270. The van der Waals surface area contributed by atoms with Gasteiger partial charge >= 0.3 is 0 Å². The summed E-state index contributed by atoms with van der Waals surface area (Å²) in [7, 11) is 0. The predicted molar refractivity (Wildman–Crippen MR) is 57.9 cm³/mol. The Kier molecular flexibility index (Phi) is 5.88. The average Bonchev–Trinajstić information content (AvgIpc) is 2.02. The number of hydrogen-bond donors (Lipinski definition) is 0. The highest BCUT2D eigenvalue weighted by atomic mass is 32.2. The van der Waals surface area contributed by atoms with Crippen molar-refractivity contribution in [2.45, 2.75) is 32.6 Å². The highest BCUT2D eigenvalue weighted by Gasteiger charge is 2.06. The molecule has 0 aliphatic carbocycles. The monoisotopic (exact) mass is 187 g/mol. The SMILES string of the molecule is CCCCN1CCCSCCC1. The van der Waals surface area contributed by atoms with E-state index >= 15 is 0 Å². The molecule has 0 radical (unpaired) electrons. The van der Waals surface area contributed by atoms with Crippen molar-refractivity contribution < 1.29 is 0 Å². The summed E-state index contributed by atoms with van der Waals surface area (Å²) >= 11 is 2.13. The zero-order chi connectivity index (χ0) is 8.65. The summed E-state index contributed by atoms with van der Waals surface area (Å²) in [5, 5.41) is 0. The van der Waals surface area contributed by atoms with Gasteiger partial charge in [0.1, 0.15) is 0 Å². The van der Waals surface area contributed by atoms with Gasteiger partial charge in [-0.3, -0.25) is 0 Å². The van der Waals surface area contributed by atoms with Crippen LogP contribution in [0.2, 0.25) is 0 Å². The average molecular weight is 187 g/mol. The van der Waals surface area contributed by atoms with Crippen molar-refractivity contribution in [3.8, 4) is 0 Å². The van der Waals surface area contributed by atoms with Crippen molar-refractivity contribution in [1.82, 2.24) is 4.90 Å². The molecule has 0 N–H and O–H groups in total. The lowest BCUT2D eigenvalue weighted by Crippen LogP contribution is -2.29. The summed E-state index contributed by atoms with van der Waals surface area (Å²) in [5.41, 5.74) is 0. The Hall–Kier alpha value is 0.310. The Morgan fingerprint density at radius 3 is 2.42 bits per heavy atom. The maximum Gasteiger partial charge on any atom is -0.00109 e. The van der Waals surface area contributed by atoms with E-state index in [1.807, 2.05) is 0 Å². The Labute approximate surface area is 80.9 Å². The number of hydrogen-bond acceptors (Lipinski definition) is 2. The smallest absolute Gasteiger partial charge is 0.00109 e. The maximum atomic E-state index is 2.64. The molecule has 1 nitrogen and oxygen atoms in total. The topological polar surface area (TPSA) is 3.24 Å². The quantitative estimate of drug-likeness (QED) is 0.668. The summed E-state index contributed by atoms with van der Waals surface area (Å²) < 4.78 is 0. The lowest BCUT2D eigenvalue weighted by atomic mass is 10.3. The zero-order valence-corrected chi connectivity index (χ0v) is 9.04. The second kappa shape index (κ2) is 6.79. The fourth-order valence-electron chi connectivity index (χ4n) is 1.60. The number of unbranched alkanes of at least 4 members (excludes halogenated alkanes) is 1. The molecule has 0 aromatic heterocycles. The largest absolute Gasteiger partial charge is 0.303 e. The van der Waals surface area contributed by atoms with Gasteiger partial charge in [-0.25, -0.2) is 0 Å². The van der Waals surface area contributed by atoms with Gasteiger partial charge in [0.15, 0.2) is 0 Å². The van der Waals surface area contributed by atoms with E-state index < -0.39 is 0 Å². The summed E-state index contributed by atoms with van der Waals surface area (Å²) in [6.45, 7) is 6.29. The molecule has 0 aromatic carbocycles. The van der Waals surface area contributed by atoms with Crippen LogP contribution in [0.3, 0.4) is 0 Å². The third-order valence-electron chi connectivity index (χ3n) is 2.35. The standard InChI is InChI=1S/C10H21NS/c1-2-3-6-11-7-4-9-12-10-5-8-11/h2-10H2,1H3. The van der Waals surface area contributed by atoms with Crippen LogP contribution in [0.1, 0.15) is 32.6 Å². The first-order chi connectivity index (χ1) is 5.93. The number of thioether (sulfide) groups is 1. The van der Waals surface area contributed by atoms with Gasteiger partial charge in [-0.05, 0) is 50.4 Å². The van der Waals surface area contributed by atoms with Crippen LogP contribution in [0.15, 0.2) is 0 Å². The van der Waals surface area contributed by atoms with Crippen LogP contribution >= 0.6 is 11.8 Å². The first-order valence-electron chi connectivity index (χ1n) is 5.23. The molecule has 0 amide bonds. The van der Waals surface area contributed by atoms with Crippen LogP contribution < -0.4 is 0 Å². The molecule has 0 bridgehead atoms. The summed E-state index contributed by atoms with van der Waals surface area (Å²) in [6.07, 6.45) is 5.52. The molecular weight excluding hydrogens is 166 g/mol. The van der Waals surface area contributed by atoms with E-state index in [2.05, 4.69) is 23.6 Å². The van der Waals surface area contributed by atoms with Crippen LogP contribution in [0.5, 0.6) is 0 Å². The lowest BCUT2D eigenvalue weighted by Gasteiger charge is -2.23. The van der Waals surface area contributed by atoms with Crippen molar-refractivity contribution in [3.05, 3.63) is 0 Å². The summed E-state index contributed by atoms with van der Waals surface area (Å²) in [6, 6.07) is 0. The fraction of sp³-hybridized carbons (Fsp3) is 1.00. The van der Waals surface area contributed by atoms with Crippen LogP contribution in [0.25, 0.3) is 0 Å². The zero-order valence-electron chi connectivity index (χ0n) is 8.22. The molecule has 72 valence electrons. The first kappa shape index (κ1) is 10.4. The van der Waals surface area contributed by atoms with Crippen LogP contribution in [-0.2, 0) is 0 Å². The molecule has 0 spiro atoms.